The van der Waals surface area contributed by atoms with Gasteiger partial charge in [-0.1, -0.05) is 179 Å². The first-order valence-electron chi connectivity index (χ1n) is 22.5. The Labute approximate surface area is 337 Å². The topological polar surface area (TPSA) is 134 Å². The summed E-state index contributed by atoms with van der Waals surface area (Å²) in [7, 11) is -4.38. The van der Waals surface area contributed by atoms with Crippen LogP contribution >= 0.6 is 7.82 Å². The number of nitrogens with two attached hydrogens (primary N) is 1. The third-order valence-electron chi connectivity index (χ3n) is 9.53. The Morgan fingerprint density at radius 1 is 0.545 bits per heavy atom. The lowest BCUT2D eigenvalue weighted by molar-refractivity contribution is -0.161. The van der Waals surface area contributed by atoms with Crippen LogP contribution in [0.3, 0.4) is 0 Å². The van der Waals surface area contributed by atoms with Gasteiger partial charge in [-0.2, -0.15) is 0 Å². The average molecular weight is 798 g/mol. The minimum atomic E-state index is -4.38. The molecular formula is C45H84NO8P. The second-order valence-corrected chi connectivity index (χ2v) is 16.4. The molecule has 1 unspecified atom stereocenters. The molecule has 2 atom stereocenters. The minimum Gasteiger partial charge on any atom is -0.462 e. The van der Waals surface area contributed by atoms with E-state index in [9.17, 15) is 19.0 Å². The van der Waals surface area contributed by atoms with Crippen LogP contribution in [0.25, 0.3) is 0 Å². The Morgan fingerprint density at radius 2 is 0.945 bits per heavy atom. The number of carbonyl (C=O) groups is 2. The van der Waals surface area contributed by atoms with Crippen molar-refractivity contribution in [2.45, 2.75) is 213 Å². The number of phosphoric acid groups is 1. The molecule has 9 nitrogen and oxygen atoms in total. The molecule has 322 valence electrons. The van der Waals surface area contributed by atoms with Gasteiger partial charge in [0.15, 0.2) is 6.10 Å². The largest absolute Gasteiger partial charge is 0.472 e. The fourth-order valence-electron chi connectivity index (χ4n) is 6.17. The van der Waals surface area contributed by atoms with Crippen LogP contribution < -0.4 is 5.73 Å². The molecule has 0 aromatic carbocycles. The number of unbranched alkanes of at least 4 members (excludes halogenated alkanes) is 23. The first kappa shape index (κ1) is 53.2. The number of ether oxygens (including phenoxy) is 2. The molecule has 0 aromatic heterocycles. The number of phosphoric ester groups is 1. The molecule has 0 aliphatic heterocycles. The number of rotatable bonds is 42. The summed E-state index contributed by atoms with van der Waals surface area (Å²) in [6.45, 7) is 3.70. The van der Waals surface area contributed by atoms with Crippen LogP contribution in [0.4, 0.5) is 0 Å². The van der Waals surface area contributed by atoms with Gasteiger partial charge in [-0.25, -0.2) is 4.57 Å². The van der Waals surface area contributed by atoms with Gasteiger partial charge in [0.2, 0.25) is 0 Å². The smallest absolute Gasteiger partial charge is 0.462 e. The number of esters is 2. The van der Waals surface area contributed by atoms with Crippen molar-refractivity contribution in [3.63, 3.8) is 0 Å². The van der Waals surface area contributed by atoms with E-state index in [2.05, 4.69) is 50.3 Å². The lowest BCUT2D eigenvalue weighted by Gasteiger charge is -2.19. The molecule has 0 aliphatic rings. The summed E-state index contributed by atoms with van der Waals surface area (Å²) in [5, 5.41) is 0. The Kier molecular flexibility index (Phi) is 40.5. The number of hydrogen-bond acceptors (Lipinski definition) is 8. The molecule has 55 heavy (non-hydrogen) atoms. The van der Waals surface area contributed by atoms with E-state index in [0.29, 0.717) is 6.42 Å². The van der Waals surface area contributed by atoms with Gasteiger partial charge in [0.1, 0.15) is 6.61 Å². The van der Waals surface area contributed by atoms with Gasteiger partial charge < -0.3 is 20.1 Å². The van der Waals surface area contributed by atoms with Crippen LogP contribution in [0, 0.1) is 0 Å². The van der Waals surface area contributed by atoms with Gasteiger partial charge in [-0.05, 0) is 51.4 Å². The maximum absolute atomic E-state index is 12.6. The van der Waals surface area contributed by atoms with Crippen LogP contribution in [0.1, 0.15) is 206 Å². The number of hydrogen-bond donors (Lipinski definition) is 2. The fraction of sp³-hybridized carbons (Fsp3) is 0.822. The highest BCUT2D eigenvalue weighted by molar-refractivity contribution is 7.47. The molecule has 0 amide bonds. The predicted molar refractivity (Wildman–Crippen MR) is 229 cm³/mol. The third kappa shape index (κ3) is 41.7. The Balaban J connectivity index is 4.16. The van der Waals surface area contributed by atoms with Gasteiger partial charge in [0.25, 0.3) is 0 Å². The standard InChI is InChI=1S/C45H84NO8P/c1-3-5-7-9-11-13-15-17-19-21-23-25-27-29-31-33-35-37-44(47)51-41-43(42-53-55(49,50)52-40-39-46)54-45(48)38-36-34-32-30-28-26-24-22-20-18-16-14-12-10-8-6-4-2/h12,14,18,20,24,26,43H,3-11,13,15-17,19,21-23,25,27-42,46H2,1-2H3,(H,49,50)/t43-/m1/s1. The van der Waals surface area contributed by atoms with Crippen LogP contribution in [-0.2, 0) is 32.7 Å². The van der Waals surface area contributed by atoms with Crippen LogP contribution in [0.5, 0.6) is 0 Å². The summed E-state index contributed by atoms with van der Waals surface area (Å²) in [4.78, 5) is 34.9. The SMILES string of the molecule is CCCCCC=CCC=CCC=CCCCCCCC(=O)O[C@H](COC(=O)CCCCCCCCCCCCCCCCCCC)COP(=O)(O)OCCN. The average Bonchev–Trinajstić information content (AvgIpc) is 3.17. The molecule has 3 N–H and O–H groups in total. The summed E-state index contributed by atoms with van der Waals surface area (Å²) >= 11 is 0. The van der Waals surface area contributed by atoms with E-state index in [1.807, 2.05) is 0 Å². The van der Waals surface area contributed by atoms with E-state index >= 15 is 0 Å². The zero-order valence-electron chi connectivity index (χ0n) is 35.4. The first-order chi connectivity index (χ1) is 26.8. The van der Waals surface area contributed by atoms with Crippen molar-refractivity contribution in [3.8, 4) is 0 Å². The highest BCUT2D eigenvalue weighted by Crippen LogP contribution is 2.43. The zero-order valence-corrected chi connectivity index (χ0v) is 36.3. The molecule has 0 aromatic rings. The highest BCUT2D eigenvalue weighted by atomic mass is 31.2. The van der Waals surface area contributed by atoms with E-state index in [-0.39, 0.29) is 38.6 Å². The van der Waals surface area contributed by atoms with Crippen molar-refractivity contribution >= 4 is 19.8 Å². The summed E-state index contributed by atoms with van der Waals surface area (Å²) in [5.74, 6) is -0.847. The third-order valence-corrected chi connectivity index (χ3v) is 10.5. The van der Waals surface area contributed by atoms with Crippen molar-refractivity contribution < 1.29 is 37.6 Å². The van der Waals surface area contributed by atoms with Crippen molar-refractivity contribution in [3.05, 3.63) is 36.5 Å². The molecular weight excluding hydrogens is 713 g/mol. The lowest BCUT2D eigenvalue weighted by Crippen LogP contribution is -2.29. The normalized spacial score (nSPS) is 13.6. The van der Waals surface area contributed by atoms with Crippen LogP contribution in [-0.4, -0.2) is 49.3 Å². The van der Waals surface area contributed by atoms with Crippen LogP contribution in [0.2, 0.25) is 0 Å². The molecule has 0 radical (unpaired) electrons. The second kappa shape index (κ2) is 41.9. The summed E-state index contributed by atoms with van der Waals surface area (Å²) in [6, 6.07) is 0. The lowest BCUT2D eigenvalue weighted by atomic mass is 10.0. The van der Waals surface area contributed by atoms with Crippen molar-refractivity contribution in [2.24, 2.45) is 5.73 Å². The van der Waals surface area contributed by atoms with Gasteiger partial charge >= 0.3 is 19.8 Å². The van der Waals surface area contributed by atoms with Crippen LogP contribution in [0.15, 0.2) is 36.5 Å². The Bertz CT molecular complexity index is 1000. The molecule has 0 heterocycles. The summed E-state index contributed by atoms with van der Waals surface area (Å²) < 4.78 is 32.8. The van der Waals surface area contributed by atoms with Gasteiger partial charge in [0.05, 0.1) is 13.2 Å². The van der Waals surface area contributed by atoms with E-state index in [1.54, 1.807) is 0 Å². The Hall–Kier alpha value is -1.77. The molecule has 0 fully saturated rings. The quantitative estimate of drug-likeness (QED) is 0.0268. The summed E-state index contributed by atoms with van der Waals surface area (Å²) in [6.07, 6.45) is 46.0. The molecule has 0 bridgehead atoms. The zero-order chi connectivity index (χ0) is 40.3. The maximum atomic E-state index is 12.6. The van der Waals surface area contributed by atoms with Gasteiger partial charge in [-0.15, -0.1) is 0 Å². The molecule has 0 rings (SSSR count). The van der Waals surface area contributed by atoms with E-state index in [0.717, 1.165) is 57.8 Å². The second-order valence-electron chi connectivity index (χ2n) is 14.9. The molecule has 0 aliphatic carbocycles. The summed E-state index contributed by atoms with van der Waals surface area (Å²) in [5.41, 5.74) is 5.35. The number of allylic oxidation sites excluding steroid dienone is 6. The monoisotopic (exact) mass is 798 g/mol. The van der Waals surface area contributed by atoms with E-state index in [4.69, 9.17) is 24.3 Å². The molecule has 0 saturated carbocycles. The van der Waals surface area contributed by atoms with Crippen molar-refractivity contribution in [1.29, 1.82) is 0 Å². The number of carbonyl (C=O) groups excluding carboxylic acids is 2. The van der Waals surface area contributed by atoms with Crippen molar-refractivity contribution in [1.82, 2.24) is 0 Å². The fourth-order valence-corrected chi connectivity index (χ4v) is 6.94. The van der Waals surface area contributed by atoms with Gasteiger partial charge in [0, 0.05) is 19.4 Å². The van der Waals surface area contributed by atoms with E-state index in [1.165, 1.54) is 116 Å². The molecule has 0 spiro atoms. The Morgan fingerprint density at radius 3 is 1.44 bits per heavy atom. The first-order valence-corrected chi connectivity index (χ1v) is 24.0. The predicted octanol–water partition coefficient (Wildman–Crippen LogP) is 12.9. The highest BCUT2D eigenvalue weighted by Gasteiger charge is 2.26. The minimum absolute atomic E-state index is 0.0499. The van der Waals surface area contributed by atoms with Gasteiger partial charge in [-0.3, -0.25) is 18.6 Å². The van der Waals surface area contributed by atoms with E-state index < -0.39 is 26.5 Å². The van der Waals surface area contributed by atoms with Crippen molar-refractivity contribution in [2.75, 3.05) is 26.4 Å². The molecule has 0 saturated heterocycles. The molecule has 10 heteroatoms. The maximum Gasteiger partial charge on any atom is 0.472 e.